The fourth-order valence-corrected chi connectivity index (χ4v) is 1.54. The molecule has 0 bridgehead atoms. The lowest BCUT2D eigenvalue weighted by Gasteiger charge is -2.11. The third kappa shape index (κ3) is 6.04. The summed E-state index contributed by atoms with van der Waals surface area (Å²) in [4.78, 5) is 24.8. The first-order chi connectivity index (χ1) is 8.90. The highest BCUT2D eigenvalue weighted by molar-refractivity contribution is 5.95. The zero-order valence-corrected chi connectivity index (χ0v) is 12.9. The molecule has 0 spiro atoms. The van der Waals surface area contributed by atoms with Gasteiger partial charge in [0.05, 0.1) is 0 Å². The molecule has 0 saturated heterocycles. The van der Waals surface area contributed by atoms with Gasteiger partial charge in [0.1, 0.15) is 0 Å². The van der Waals surface area contributed by atoms with Crippen LogP contribution in [0.3, 0.4) is 0 Å². The number of carbonyl (C=O) groups is 2. The van der Waals surface area contributed by atoms with E-state index < -0.39 is 0 Å². The first-order valence-corrected chi connectivity index (χ1v) is 6.27. The molecule has 0 aliphatic carbocycles. The molecule has 0 radical (unpaired) electrons. The molecule has 0 aliphatic rings. The Balaban J connectivity index is 0.00000361. The highest BCUT2D eigenvalue weighted by Crippen LogP contribution is 2.11. The molecular formula is C14H22ClN3O2. The quantitative estimate of drug-likeness (QED) is 0.871. The summed E-state index contributed by atoms with van der Waals surface area (Å²) in [7, 11) is 3.40. The predicted molar refractivity (Wildman–Crippen MR) is 83.2 cm³/mol. The third-order valence-corrected chi connectivity index (χ3v) is 2.65. The second-order valence-electron chi connectivity index (χ2n) is 4.84. The number of hydrogen-bond acceptors (Lipinski definition) is 3. The molecule has 1 unspecified atom stereocenters. The van der Waals surface area contributed by atoms with Crippen molar-refractivity contribution in [3.8, 4) is 0 Å². The zero-order chi connectivity index (χ0) is 14.4. The van der Waals surface area contributed by atoms with Crippen molar-refractivity contribution in [2.45, 2.75) is 25.8 Å². The van der Waals surface area contributed by atoms with Crippen LogP contribution in [0.2, 0.25) is 0 Å². The molecule has 1 rings (SSSR count). The van der Waals surface area contributed by atoms with E-state index in [-0.39, 0.29) is 30.3 Å². The Morgan fingerprint density at radius 1 is 1.25 bits per heavy atom. The monoisotopic (exact) mass is 299 g/mol. The van der Waals surface area contributed by atoms with Crippen molar-refractivity contribution in [3.05, 3.63) is 29.8 Å². The van der Waals surface area contributed by atoms with Crippen molar-refractivity contribution in [2.24, 2.45) is 5.73 Å². The van der Waals surface area contributed by atoms with Gasteiger partial charge in [-0.2, -0.15) is 0 Å². The van der Waals surface area contributed by atoms with Gasteiger partial charge >= 0.3 is 0 Å². The molecule has 1 aromatic rings. The van der Waals surface area contributed by atoms with E-state index in [9.17, 15) is 9.59 Å². The summed E-state index contributed by atoms with van der Waals surface area (Å²) < 4.78 is 0. The minimum atomic E-state index is -0.0658. The van der Waals surface area contributed by atoms with E-state index in [2.05, 4.69) is 5.32 Å². The minimum Gasteiger partial charge on any atom is -0.345 e. The summed E-state index contributed by atoms with van der Waals surface area (Å²) in [6.45, 7) is 1.87. The van der Waals surface area contributed by atoms with Crippen LogP contribution in [-0.4, -0.2) is 36.9 Å². The molecule has 0 aliphatic heterocycles. The van der Waals surface area contributed by atoms with Gasteiger partial charge in [-0.15, -0.1) is 12.4 Å². The van der Waals surface area contributed by atoms with Crippen LogP contribution in [0.25, 0.3) is 0 Å². The summed E-state index contributed by atoms with van der Waals surface area (Å²) in [5, 5.41) is 2.77. The number of anilines is 1. The van der Waals surface area contributed by atoms with Gasteiger partial charge in [0, 0.05) is 37.8 Å². The van der Waals surface area contributed by atoms with E-state index in [4.69, 9.17) is 5.73 Å². The van der Waals surface area contributed by atoms with Gasteiger partial charge in [-0.3, -0.25) is 9.59 Å². The molecule has 1 aromatic carbocycles. The Morgan fingerprint density at radius 2 is 1.80 bits per heavy atom. The van der Waals surface area contributed by atoms with Crippen LogP contribution in [0, 0.1) is 0 Å². The van der Waals surface area contributed by atoms with Gasteiger partial charge in [0.25, 0.3) is 5.91 Å². The maximum absolute atomic E-state index is 11.7. The first kappa shape index (κ1) is 18.4. The van der Waals surface area contributed by atoms with Gasteiger partial charge in [0.2, 0.25) is 5.91 Å². The normalized spacial score (nSPS) is 11.2. The lowest BCUT2D eigenvalue weighted by molar-refractivity contribution is -0.116. The van der Waals surface area contributed by atoms with Crippen LogP contribution in [0.15, 0.2) is 24.3 Å². The van der Waals surface area contributed by atoms with Crippen LogP contribution in [0.1, 0.15) is 30.1 Å². The molecule has 20 heavy (non-hydrogen) atoms. The average molecular weight is 300 g/mol. The smallest absolute Gasteiger partial charge is 0.253 e. The fourth-order valence-electron chi connectivity index (χ4n) is 1.54. The van der Waals surface area contributed by atoms with Crippen LogP contribution in [0.5, 0.6) is 0 Å². The minimum absolute atomic E-state index is 0. The van der Waals surface area contributed by atoms with Gasteiger partial charge in [-0.25, -0.2) is 0 Å². The Kier molecular flexibility index (Phi) is 7.87. The molecular weight excluding hydrogens is 278 g/mol. The van der Waals surface area contributed by atoms with Gasteiger partial charge in [0.15, 0.2) is 0 Å². The van der Waals surface area contributed by atoms with E-state index in [1.807, 2.05) is 6.92 Å². The summed E-state index contributed by atoms with van der Waals surface area (Å²) in [6.07, 6.45) is 1.05. The first-order valence-electron chi connectivity index (χ1n) is 6.27. The molecule has 6 heteroatoms. The summed E-state index contributed by atoms with van der Waals surface area (Å²) in [5.41, 5.74) is 6.87. The van der Waals surface area contributed by atoms with Crippen molar-refractivity contribution < 1.29 is 9.59 Å². The molecule has 0 heterocycles. The van der Waals surface area contributed by atoms with Crippen LogP contribution >= 0.6 is 12.4 Å². The number of nitrogens with one attached hydrogen (secondary N) is 1. The van der Waals surface area contributed by atoms with Crippen molar-refractivity contribution in [1.82, 2.24) is 4.90 Å². The van der Waals surface area contributed by atoms with Gasteiger partial charge in [-0.1, -0.05) is 0 Å². The topological polar surface area (TPSA) is 75.4 Å². The SMILES string of the molecule is CC(N)CCC(=O)Nc1ccc(C(=O)N(C)C)cc1.Cl. The van der Waals surface area contributed by atoms with E-state index in [1.165, 1.54) is 4.90 Å². The van der Waals surface area contributed by atoms with Crippen LogP contribution in [0.4, 0.5) is 5.69 Å². The highest BCUT2D eigenvalue weighted by Gasteiger charge is 2.08. The molecule has 1 atom stereocenters. The molecule has 112 valence electrons. The van der Waals surface area contributed by atoms with Crippen molar-refractivity contribution in [2.75, 3.05) is 19.4 Å². The molecule has 3 N–H and O–H groups in total. The largest absolute Gasteiger partial charge is 0.345 e. The Hall–Kier alpha value is -1.59. The summed E-state index contributed by atoms with van der Waals surface area (Å²) in [5.74, 6) is -0.126. The van der Waals surface area contributed by atoms with Crippen LogP contribution < -0.4 is 11.1 Å². The molecule has 0 aromatic heterocycles. The fraction of sp³-hybridized carbons (Fsp3) is 0.429. The number of benzene rings is 1. The number of amides is 2. The second-order valence-corrected chi connectivity index (χ2v) is 4.84. The van der Waals surface area contributed by atoms with E-state index >= 15 is 0 Å². The second kappa shape index (κ2) is 8.55. The van der Waals surface area contributed by atoms with Crippen molar-refractivity contribution in [1.29, 1.82) is 0 Å². The molecule has 5 nitrogen and oxygen atoms in total. The molecule has 0 fully saturated rings. The molecule has 2 amide bonds. The number of rotatable bonds is 5. The standard InChI is InChI=1S/C14H21N3O2.ClH/c1-10(15)4-9-13(18)16-12-7-5-11(6-8-12)14(19)17(2)3;/h5-8,10H,4,9,15H2,1-3H3,(H,16,18);1H. The van der Waals surface area contributed by atoms with E-state index in [0.717, 1.165) is 0 Å². The Morgan fingerprint density at radius 3 is 2.25 bits per heavy atom. The summed E-state index contributed by atoms with van der Waals surface area (Å²) >= 11 is 0. The number of carbonyl (C=O) groups excluding carboxylic acids is 2. The Labute approximate surface area is 125 Å². The predicted octanol–water partition coefficient (Wildman–Crippen LogP) is 1.88. The lowest BCUT2D eigenvalue weighted by atomic mass is 10.1. The van der Waals surface area contributed by atoms with Gasteiger partial charge in [-0.05, 0) is 37.6 Å². The zero-order valence-electron chi connectivity index (χ0n) is 12.1. The third-order valence-electron chi connectivity index (χ3n) is 2.65. The number of halogens is 1. The van der Waals surface area contributed by atoms with E-state index in [1.54, 1.807) is 38.4 Å². The average Bonchev–Trinajstić information content (AvgIpc) is 2.36. The van der Waals surface area contributed by atoms with Crippen molar-refractivity contribution >= 4 is 29.9 Å². The van der Waals surface area contributed by atoms with Crippen molar-refractivity contribution in [3.63, 3.8) is 0 Å². The van der Waals surface area contributed by atoms with Gasteiger partial charge < -0.3 is 16.0 Å². The number of nitrogens with two attached hydrogens (primary N) is 1. The maximum Gasteiger partial charge on any atom is 0.253 e. The van der Waals surface area contributed by atoms with Crippen LogP contribution in [-0.2, 0) is 4.79 Å². The number of hydrogen-bond donors (Lipinski definition) is 2. The van der Waals surface area contributed by atoms with E-state index in [0.29, 0.717) is 24.1 Å². The molecule has 0 saturated carbocycles. The summed E-state index contributed by atoms with van der Waals surface area (Å²) in [6, 6.07) is 6.86. The maximum atomic E-state index is 11.7. The Bertz CT molecular complexity index is 444. The number of nitrogens with zero attached hydrogens (tertiary/aromatic N) is 1. The highest BCUT2D eigenvalue weighted by atomic mass is 35.5. The lowest BCUT2D eigenvalue weighted by Crippen LogP contribution is -2.21.